The molecule has 0 amide bonds. The molecule has 1 saturated carbocycles. The van der Waals surface area contributed by atoms with Crippen molar-refractivity contribution in [2.75, 3.05) is 5.32 Å². The number of carboxylic acid groups (broad SMARTS) is 1. The summed E-state index contributed by atoms with van der Waals surface area (Å²) in [7, 11) is 2.55. The Morgan fingerprint density at radius 2 is 2.04 bits per heavy atom. The molecule has 2 N–H and O–H groups in total. The number of aromatic carboxylic acids is 1. The highest BCUT2D eigenvalue weighted by atomic mass is 31.0. The number of nitrogens with zero attached hydrogens (tertiary/aromatic N) is 3. The fraction of sp³-hybridized carbons (Fsp3) is 0.333. The Kier molecular flexibility index (Phi) is 4.36. The van der Waals surface area contributed by atoms with E-state index in [1.54, 1.807) is 12.3 Å². The maximum absolute atomic E-state index is 13.1. The van der Waals surface area contributed by atoms with Crippen molar-refractivity contribution in [1.82, 2.24) is 15.0 Å². The number of hydrogen-bond donors (Lipinski definition) is 2. The summed E-state index contributed by atoms with van der Waals surface area (Å²) in [6, 6.07) is 3.60. The number of hydrogen-bond acceptors (Lipinski definition) is 5. The third kappa shape index (κ3) is 3.28. The minimum Gasteiger partial charge on any atom is -0.478 e. The molecule has 0 spiro atoms. The smallest absolute Gasteiger partial charge is 0.434 e. The summed E-state index contributed by atoms with van der Waals surface area (Å²) in [5.74, 6) is -2.00. The van der Waals surface area contributed by atoms with Gasteiger partial charge in [0.25, 0.3) is 0 Å². The number of alkyl halides is 3. The van der Waals surface area contributed by atoms with E-state index in [-0.39, 0.29) is 5.95 Å². The molecule has 1 atom stereocenters. The van der Waals surface area contributed by atoms with Gasteiger partial charge in [-0.25, -0.2) is 14.8 Å². The molecule has 2 aromatic heterocycles. The van der Waals surface area contributed by atoms with Crippen LogP contribution < -0.4 is 10.6 Å². The van der Waals surface area contributed by atoms with Gasteiger partial charge in [-0.1, -0.05) is 6.07 Å². The number of carbonyl (C=O) groups is 1. The van der Waals surface area contributed by atoms with Crippen LogP contribution in [0.5, 0.6) is 0 Å². The zero-order chi connectivity index (χ0) is 18.2. The Bertz CT molecular complexity index is 825. The molecular formula is C15H14F3N4O2P. The van der Waals surface area contributed by atoms with Crippen molar-refractivity contribution in [2.45, 2.75) is 31.0 Å². The largest absolute Gasteiger partial charge is 0.478 e. The molecule has 0 bridgehead atoms. The summed E-state index contributed by atoms with van der Waals surface area (Å²) in [5.41, 5.74) is -2.42. The lowest BCUT2D eigenvalue weighted by Gasteiger charge is -2.42. The van der Waals surface area contributed by atoms with Crippen molar-refractivity contribution >= 4 is 26.5 Å². The topological polar surface area (TPSA) is 88.0 Å². The van der Waals surface area contributed by atoms with Gasteiger partial charge in [-0.15, -0.1) is 9.24 Å². The van der Waals surface area contributed by atoms with E-state index >= 15 is 0 Å². The average molecular weight is 370 g/mol. The van der Waals surface area contributed by atoms with Crippen molar-refractivity contribution in [2.24, 2.45) is 0 Å². The Morgan fingerprint density at radius 3 is 2.56 bits per heavy atom. The fourth-order valence-corrected chi connectivity index (χ4v) is 3.26. The molecule has 0 radical (unpaired) electrons. The predicted molar refractivity (Wildman–Crippen MR) is 86.7 cm³/mol. The number of rotatable bonds is 4. The molecule has 1 aliphatic carbocycles. The third-order valence-electron chi connectivity index (χ3n) is 4.14. The quantitative estimate of drug-likeness (QED) is 0.805. The molecule has 6 nitrogen and oxygen atoms in total. The number of nitrogens with one attached hydrogen (secondary N) is 1. The van der Waals surface area contributed by atoms with Gasteiger partial charge in [-0.3, -0.25) is 4.98 Å². The standard InChI is InChI=1S/C15H14F3N4O2P/c16-15(17,18)10-8(12(23)24)7-20-13(21-10)22-14(4-2-5-14)11-9(25)3-1-6-19-11/h1,3,6-7H,2,4-5,25H2,(H,23,24)(H,20,21,22). The minimum atomic E-state index is -4.89. The zero-order valence-corrected chi connectivity index (χ0v) is 14.0. The van der Waals surface area contributed by atoms with Crippen LogP contribution in [-0.2, 0) is 11.7 Å². The molecule has 25 heavy (non-hydrogen) atoms. The van der Waals surface area contributed by atoms with Crippen LogP contribution in [0.4, 0.5) is 19.1 Å². The van der Waals surface area contributed by atoms with E-state index in [0.29, 0.717) is 24.7 Å². The first-order valence-corrected chi connectivity index (χ1v) is 7.97. The molecule has 10 heteroatoms. The Labute approximate surface area is 143 Å². The molecular weight excluding hydrogens is 356 g/mol. The molecule has 1 fully saturated rings. The first-order chi connectivity index (χ1) is 11.7. The first-order valence-electron chi connectivity index (χ1n) is 7.40. The van der Waals surface area contributed by atoms with Gasteiger partial charge in [0.2, 0.25) is 5.95 Å². The molecule has 0 saturated heterocycles. The van der Waals surface area contributed by atoms with Crippen LogP contribution in [0.2, 0.25) is 0 Å². The maximum atomic E-state index is 13.1. The Morgan fingerprint density at radius 1 is 1.32 bits per heavy atom. The second-order valence-electron chi connectivity index (χ2n) is 5.76. The summed E-state index contributed by atoms with van der Waals surface area (Å²) >= 11 is 0. The summed E-state index contributed by atoms with van der Waals surface area (Å²) in [5, 5.41) is 12.7. The monoisotopic (exact) mass is 370 g/mol. The number of pyridine rings is 1. The van der Waals surface area contributed by atoms with Crippen molar-refractivity contribution in [3.8, 4) is 0 Å². The van der Waals surface area contributed by atoms with Gasteiger partial charge in [0.15, 0.2) is 5.69 Å². The van der Waals surface area contributed by atoms with Crippen LogP contribution in [-0.4, -0.2) is 26.0 Å². The van der Waals surface area contributed by atoms with E-state index in [9.17, 15) is 18.0 Å². The van der Waals surface area contributed by atoms with Crippen molar-refractivity contribution in [1.29, 1.82) is 0 Å². The van der Waals surface area contributed by atoms with Crippen molar-refractivity contribution in [3.05, 3.63) is 41.5 Å². The SMILES string of the molecule is O=C(O)c1cnc(NC2(c3ncccc3P)CCC2)nc1C(F)(F)F. The molecule has 1 aliphatic rings. The maximum Gasteiger partial charge on any atom is 0.434 e. The van der Waals surface area contributed by atoms with Gasteiger partial charge in [0.1, 0.15) is 5.56 Å². The Hall–Kier alpha value is -2.28. The lowest BCUT2D eigenvalue weighted by molar-refractivity contribution is -0.141. The third-order valence-corrected chi connectivity index (χ3v) is 4.60. The van der Waals surface area contributed by atoms with Crippen LogP contribution in [0, 0.1) is 0 Å². The zero-order valence-electron chi connectivity index (χ0n) is 12.8. The molecule has 1 unspecified atom stereocenters. The average Bonchev–Trinajstić information content (AvgIpc) is 2.50. The highest BCUT2D eigenvalue weighted by Gasteiger charge is 2.43. The number of anilines is 1. The second kappa shape index (κ2) is 6.22. The van der Waals surface area contributed by atoms with Crippen LogP contribution in [0.25, 0.3) is 0 Å². The number of aromatic nitrogens is 3. The second-order valence-corrected chi connectivity index (χ2v) is 6.38. The normalized spacial score (nSPS) is 16.2. The van der Waals surface area contributed by atoms with Crippen LogP contribution in [0.1, 0.15) is 41.0 Å². The predicted octanol–water partition coefficient (Wildman–Crippen LogP) is 2.58. The van der Waals surface area contributed by atoms with E-state index in [1.807, 2.05) is 6.07 Å². The molecule has 2 heterocycles. The van der Waals surface area contributed by atoms with E-state index in [2.05, 4.69) is 29.5 Å². The van der Waals surface area contributed by atoms with Gasteiger partial charge >= 0.3 is 12.1 Å². The highest BCUT2D eigenvalue weighted by molar-refractivity contribution is 7.27. The first kappa shape index (κ1) is 17.5. The minimum absolute atomic E-state index is 0.271. The van der Waals surface area contributed by atoms with Crippen LogP contribution >= 0.6 is 9.24 Å². The number of halogens is 3. The molecule has 2 aromatic rings. The van der Waals surface area contributed by atoms with Gasteiger partial charge in [-0.05, 0) is 30.6 Å². The van der Waals surface area contributed by atoms with Crippen molar-refractivity contribution < 1.29 is 23.1 Å². The van der Waals surface area contributed by atoms with Crippen LogP contribution in [0.15, 0.2) is 24.5 Å². The molecule has 132 valence electrons. The summed E-state index contributed by atoms with van der Waals surface area (Å²) in [6.07, 6.45) is -0.398. The van der Waals surface area contributed by atoms with E-state index < -0.39 is 28.9 Å². The number of carboxylic acids is 1. The lowest BCUT2D eigenvalue weighted by atomic mass is 9.74. The molecule has 3 rings (SSSR count). The van der Waals surface area contributed by atoms with Gasteiger partial charge in [0, 0.05) is 12.4 Å². The van der Waals surface area contributed by atoms with Crippen LogP contribution in [0.3, 0.4) is 0 Å². The van der Waals surface area contributed by atoms with Gasteiger partial charge in [0.05, 0.1) is 11.2 Å². The molecule has 0 aliphatic heterocycles. The highest BCUT2D eigenvalue weighted by Crippen LogP contribution is 2.42. The Balaban J connectivity index is 2.00. The van der Waals surface area contributed by atoms with Crippen molar-refractivity contribution in [3.63, 3.8) is 0 Å². The van der Waals surface area contributed by atoms with Gasteiger partial charge < -0.3 is 10.4 Å². The summed E-state index contributed by atoms with van der Waals surface area (Å²) in [6.45, 7) is 0. The summed E-state index contributed by atoms with van der Waals surface area (Å²) in [4.78, 5) is 22.5. The fourth-order valence-electron chi connectivity index (χ4n) is 2.80. The van der Waals surface area contributed by atoms with E-state index in [1.165, 1.54) is 0 Å². The van der Waals surface area contributed by atoms with E-state index in [4.69, 9.17) is 5.11 Å². The lowest BCUT2D eigenvalue weighted by Crippen LogP contribution is -2.45. The van der Waals surface area contributed by atoms with Gasteiger partial charge in [-0.2, -0.15) is 13.2 Å². The molecule has 0 aromatic carbocycles. The summed E-state index contributed by atoms with van der Waals surface area (Å²) < 4.78 is 39.3. The van der Waals surface area contributed by atoms with E-state index in [0.717, 1.165) is 11.7 Å².